The van der Waals surface area contributed by atoms with Crippen LogP contribution >= 0.6 is 27.7 Å². The molecule has 7 heteroatoms. The molecule has 2 amide bonds. The van der Waals surface area contributed by atoms with Gasteiger partial charge in [-0.2, -0.15) is 0 Å². The number of hydrogen-bond donors (Lipinski definition) is 1. The summed E-state index contributed by atoms with van der Waals surface area (Å²) in [6, 6.07) is 14.3. The largest absolute Gasteiger partial charge is 0.497 e. The molecular formula is C16H13BrN2O3S. The number of nitrogens with zero attached hydrogens (tertiary/aromatic N) is 1. The molecule has 1 aliphatic rings. The van der Waals surface area contributed by atoms with Crippen LogP contribution in [0.4, 0.5) is 16.2 Å². The minimum absolute atomic E-state index is 0.279. The Morgan fingerprint density at radius 3 is 2.35 bits per heavy atom. The van der Waals surface area contributed by atoms with Gasteiger partial charge in [-0.15, -0.1) is 0 Å². The number of anilines is 2. The topological polar surface area (TPSA) is 58.6 Å². The number of rotatable bonds is 4. The molecule has 1 atom stereocenters. The molecule has 1 N–H and O–H groups in total. The van der Waals surface area contributed by atoms with E-state index in [0.29, 0.717) is 5.69 Å². The van der Waals surface area contributed by atoms with Crippen molar-refractivity contribution in [2.24, 2.45) is 0 Å². The maximum Gasteiger partial charge on any atom is 0.295 e. The van der Waals surface area contributed by atoms with Gasteiger partial charge in [0.25, 0.3) is 11.1 Å². The molecule has 0 radical (unpaired) electrons. The van der Waals surface area contributed by atoms with E-state index in [4.69, 9.17) is 4.74 Å². The first-order valence-electron chi connectivity index (χ1n) is 6.79. The highest BCUT2D eigenvalue weighted by Gasteiger charge is 2.40. The molecule has 5 nitrogen and oxygen atoms in total. The number of halogens is 1. The van der Waals surface area contributed by atoms with E-state index < -0.39 is 5.37 Å². The number of hydrogen-bond acceptors (Lipinski definition) is 5. The Hall–Kier alpha value is -1.99. The van der Waals surface area contributed by atoms with Gasteiger partial charge < -0.3 is 10.1 Å². The van der Waals surface area contributed by atoms with Crippen molar-refractivity contribution in [3.63, 3.8) is 0 Å². The molecule has 23 heavy (non-hydrogen) atoms. The number of carbonyl (C=O) groups excluding carboxylic acids is 2. The number of imide groups is 1. The number of amides is 2. The lowest BCUT2D eigenvalue weighted by Gasteiger charge is -2.15. The highest BCUT2D eigenvalue weighted by molar-refractivity contribution is 9.10. The number of thioether (sulfide) groups is 1. The van der Waals surface area contributed by atoms with Crippen molar-refractivity contribution in [3.05, 3.63) is 53.0 Å². The van der Waals surface area contributed by atoms with Crippen LogP contribution in [0.15, 0.2) is 53.0 Å². The Labute approximate surface area is 146 Å². The second-order valence-corrected chi connectivity index (χ2v) is 6.76. The second-order valence-electron chi connectivity index (χ2n) is 4.79. The lowest BCUT2D eigenvalue weighted by atomic mass is 10.3. The summed E-state index contributed by atoms with van der Waals surface area (Å²) in [6.07, 6.45) is 0. The minimum Gasteiger partial charge on any atom is -0.497 e. The monoisotopic (exact) mass is 392 g/mol. The second kappa shape index (κ2) is 6.64. The first-order chi connectivity index (χ1) is 11.1. The van der Waals surface area contributed by atoms with Crippen molar-refractivity contribution in [2.45, 2.75) is 5.37 Å². The smallest absolute Gasteiger partial charge is 0.295 e. The Kier molecular flexibility index (Phi) is 4.58. The molecule has 1 fully saturated rings. The molecule has 0 spiro atoms. The summed E-state index contributed by atoms with van der Waals surface area (Å²) in [5.74, 6) is 0.451. The third-order valence-electron chi connectivity index (χ3n) is 3.32. The number of methoxy groups -OCH3 is 1. The standard InChI is InChI=1S/C16H13BrN2O3S/c1-22-13-8-4-11(5-9-13)18-14-15(20)19(16(21)23-14)12-6-2-10(17)3-7-12/h2-9,14,18H,1H3. The fourth-order valence-electron chi connectivity index (χ4n) is 2.16. The Morgan fingerprint density at radius 1 is 1.09 bits per heavy atom. The highest BCUT2D eigenvalue weighted by atomic mass is 79.9. The summed E-state index contributed by atoms with van der Waals surface area (Å²) in [5.41, 5.74) is 1.32. The summed E-state index contributed by atoms with van der Waals surface area (Å²) >= 11 is 4.30. The maximum atomic E-state index is 12.5. The van der Waals surface area contributed by atoms with Gasteiger partial charge in [0.1, 0.15) is 5.75 Å². The Morgan fingerprint density at radius 2 is 1.74 bits per heavy atom. The zero-order chi connectivity index (χ0) is 16.4. The van der Waals surface area contributed by atoms with E-state index in [2.05, 4.69) is 21.2 Å². The van der Waals surface area contributed by atoms with E-state index >= 15 is 0 Å². The molecule has 0 saturated carbocycles. The van der Waals surface area contributed by atoms with Gasteiger partial charge in [-0.05, 0) is 60.3 Å². The first-order valence-corrected chi connectivity index (χ1v) is 8.46. The van der Waals surface area contributed by atoms with E-state index in [1.807, 2.05) is 0 Å². The molecule has 1 unspecified atom stereocenters. The highest BCUT2D eigenvalue weighted by Crippen LogP contribution is 2.33. The van der Waals surface area contributed by atoms with Gasteiger partial charge >= 0.3 is 0 Å². The van der Waals surface area contributed by atoms with Crippen LogP contribution < -0.4 is 15.0 Å². The van der Waals surface area contributed by atoms with E-state index in [9.17, 15) is 9.59 Å². The summed E-state index contributed by atoms with van der Waals surface area (Å²) in [7, 11) is 1.59. The van der Waals surface area contributed by atoms with E-state index in [1.54, 1.807) is 55.6 Å². The molecule has 0 aliphatic carbocycles. The number of carbonyl (C=O) groups is 2. The summed E-state index contributed by atoms with van der Waals surface area (Å²) < 4.78 is 5.99. The molecular weight excluding hydrogens is 380 g/mol. The van der Waals surface area contributed by atoms with Crippen LogP contribution in [0.1, 0.15) is 0 Å². The molecule has 1 aliphatic heterocycles. The SMILES string of the molecule is COc1ccc(NC2SC(=O)N(c3ccc(Br)cc3)C2=O)cc1. The predicted octanol–water partition coefficient (Wildman–Crippen LogP) is 4.10. The Bertz CT molecular complexity index is 734. The van der Waals surface area contributed by atoms with Gasteiger partial charge in [0.15, 0.2) is 5.37 Å². The van der Waals surface area contributed by atoms with Crippen LogP contribution in [0, 0.1) is 0 Å². The fourth-order valence-corrected chi connectivity index (χ4v) is 3.33. The van der Waals surface area contributed by atoms with Gasteiger partial charge in [-0.1, -0.05) is 15.9 Å². The number of nitrogens with one attached hydrogen (secondary N) is 1. The summed E-state index contributed by atoms with van der Waals surface area (Å²) in [4.78, 5) is 25.9. The third-order valence-corrected chi connectivity index (χ3v) is 4.79. The van der Waals surface area contributed by atoms with Crippen molar-refractivity contribution in [3.8, 4) is 5.75 Å². The molecule has 0 bridgehead atoms. The van der Waals surface area contributed by atoms with Gasteiger partial charge in [0, 0.05) is 10.2 Å². The van der Waals surface area contributed by atoms with E-state index in [0.717, 1.165) is 27.7 Å². The van der Waals surface area contributed by atoms with Crippen LogP contribution in [0.5, 0.6) is 5.75 Å². The molecule has 1 saturated heterocycles. The minimum atomic E-state index is -0.639. The van der Waals surface area contributed by atoms with Crippen molar-refractivity contribution in [2.75, 3.05) is 17.3 Å². The van der Waals surface area contributed by atoms with Crippen LogP contribution in [-0.2, 0) is 4.79 Å². The average molecular weight is 393 g/mol. The average Bonchev–Trinajstić information content (AvgIpc) is 2.83. The maximum absolute atomic E-state index is 12.5. The van der Waals surface area contributed by atoms with Gasteiger partial charge in [0.05, 0.1) is 12.8 Å². The number of benzene rings is 2. The van der Waals surface area contributed by atoms with E-state index in [-0.39, 0.29) is 11.1 Å². The lowest BCUT2D eigenvalue weighted by molar-refractivity contribution is -0.116. The quantitative estimate of drug-likeness (QED) is 0.848. The van der Waals surface area contributed by atoms with Crippen molar-refractivity contribution in [1.29, 1.82) is 0 Å². The molecule has 118 valence electrons. The predicted molar refractivity (Wildman–Crippen MR) is 95.0 cm³/mol. The molecule has 1 heterocycles. The normalized spacial score (nSPS) is 17.5. The zero-order valence-electron chi connectivity index (χ0n) is 12.2. The van der Waals surface area contributed by atoms with Gasteiger partial charge in [0.2, 0.25) is 0 Å². The van der Waals surface area contributed by atoms with Crippen molar-refractivity contribution in [1.82, 2.24) is 0 Å². The first kappa shape index (κ1) is 15.9. The molecule has 2 aromatic rings. The van der Waals surface area contributed by atoms with Crippen molar-refractivity contribution < 1.29 is 14.3 Å². The summed E-state index contributed by atoms with van der Waals surface area (Å²) in [6.45, 7) is 0. The van der Waals surface area contributed by atoms with Crippen molar-refractivity contribution >= 4 is 50.2 Å². The summed E-state index contributed by atoms with van der Waals surface area (Å²) in [5, 5.41) is 2.14. The molecule has 0 aromatic heterocycles. The van der Waals surface area contributed by atoms with E-state index in [1.165, 1.54) is 4.90 Å². The van der Waals surface area contributed by atoms with Gasteiger partial charge in [-0.25, -0.2) is 4.90 Å². The third kappa shape index (κ3) is 3.35. The van der Waals surface area contributed by atoms with Crippen LogP contribution in [0.2, 0.25) is 0 Å². The lowest BCUT2D eigenvalue weighted by Crippen LogP contribution is -2.34. The molecule has 3 rings (SSSR count). The van der Waals surface area contributed by atoms with Crippen LogP contribution in [0.3, 0.4) is 0 Å². The Balaban J connectivity index is 1.76. The van der Waals surface area contributed by atoms with Crippen LogP contribution in [0.25, 0.3) is 0 Å². The number of ether oxygens (including phenoxy) is 1. The fraction of sp³-hybridized carbons (Fsp3) is 0.125. The molecule has 2 aromatic carbocycles. The zero-order valence-corrected chi connectivity index (χ0v) is 14.6. The van der Waals surface area contributed by atoms with Gasteiger partial charge in [-0.3, -0.25) is 9.59 Å². The van der Waals surface area contributed by atoms with Crippen LogP contribution in [-0.4, -0.2) is 23.6 Å².